The molecule has 2 atom stereocenters. The Balaban J connectivity index is 2.52. The highest BCUT2D eigenvalue weighted by Crippen LogP contribution is 2.19. The number of hydrogen-bond donors (Lipinski definition) is 1. The van der Waals surface area contributed by atoms with E-state index >= 15 is 0 Å². The molecule has 0 aromatic carbocycles. The van der Waals surface area contributed by atoms with Crippen LogP contribution < -0.4 is 5.73 Å². The highest BCUT2D eigenvalue weighted by molar-refractivity contribution is 5.82. The van der Waals surface area contributed by atoms with E-state index in [1.165, 1.54) is 6.42 Å². The number of likely N-dealkylation sites (tertiary alicyclic amines) is 1. The van der Waals surface area contributed by atoms with Crippen LogP contribution in [0.3, 0.4) is 0 Å². The van der Waals surface area contributed by atoms with Crippen molar-refractivity contribution in [2.24, 2.45) is 17.6 Å². The summed E-state index contributed by atoms with van der Waals surface area (Å²) in [5.41, 5.74) is 5.98. The molecule has 0 aromatic rings. The first-order chi connectivity index (χ1) is 8.82. The fourth-order valence-corrected chi connectivity index (χ4v) is 2.53. The number of piperidine rings is 1. The molecule has 0 bridgehead atoms. The molecule has 0 spiro atoms. The fraction of sp³-hybridized carbons (Fsp3) is 0.933. The van der Waals surface area contributed by atoms with Crippen molar-refractivity contribution in [3.8, 4) is 0 Å². The first-order valence-electron chi connectivity index (χ1n) is 7.57. The Labute approximate surface area is 118 Å². The highest BCUT2D eigenvalue weighted by atomic mass is 16.2. The van der Waals surface area contributed by atoms with E-state index in [-0.39, 0.29) is 17.9 Å². The molecule has 2 N–H and O–H groups in total. The molecule has 19 heavy (non-hydrogen) atoms. The molecule has 0 aliphatic carbocycles. The van der Waals surface area contributed by atoms with Crippen LogP contribution in [0.25, 0.3) is 0 Å². The normalized spacial score (nSPS) is 22.4. The van der Waals surface area contributed by atoms with Crippen molar-refractivity contribution in [1.82, 2.24) is 9.80 Å². The molecular formula is C15H31N3O. The lowest BCUT2D eigenvalue weighted by molar-refractivity contribution is -0.135. The van der Waals surface area contributed by atoms with Gasteiger partial charge in [0.25, 0.3) is 0 Å². The summed E-state index contributed by atoms with van der Waals surface area (Å²) in [5, 5.41) is 0. The van der Waals surface area contributed by atoms with Crippen molar-refractivity contribution in [1.29, 1.82) is 0 Å². The van der Waals surface area contributed by atoms with Crippen molar-refractivity contribution in [3.63, 3.8) is 0 Å². The van der Waals surface area contributed by atoms with E-state index in [0.29, 0.717) is 12.0 Å². The number of carbonyl (C=O) groups excluding carboxylic acids is 1. The molecule has 0 saturated carbocycles. The van der Waals surface area contributed by atoms with E-state index in [0.717, 1.165) is 26.1 Å². The van der Waals surface area contributed by atoms with Crippen molar-refractivity contribution >= 4 is 5.91 Å². The van der Waals surface area contributed by atoms with Crippen LogP contribution in [0.4, 0.5) is 0 Å². The summed E-state index contributed by atoms with van der Waals surface area (Å²) in [7, 11) is 2.16. The SMILES string of the molecule is CC(C)C(N)C(=O)N1CCCC(CN(C)C(C)C)C1. The second-order valence-corrected chi connectivity index (χ2v) is 6.60. The van der Waals surface area contributed by atoms with Gasteiger partial charge in [-0.3, -0.25) is 4.79 Å². The minimum absolute atomic E-state index is 0.131. The Hall–Kier alpha value is -0.610. The molecule has 1 aliphatic heterocycles. The standard InChI is InChI=1S/C15H31N3O/c1-11(2)14(16)15(19)18-8-6-7-13(10-18)9-17(5)12(3)4/h11-14H,6-10,16H2,1-5H3. The van der Waals surface area contributed by atoms with Crippen molar-refractivity contribution < 1.29 is 4.79 Å². The van der Waals surface area contributed by atoms with Crippen LogP contribution in [0.2, 0.25) is 0 Å². The molecule has 1 fully saturated rings. The van der Waals surface area contributed by atoms with Crippen LogP contribution in [0.15, 0.2) is 0 Å². The minimum Gasteiger partial charge on any atom is -0.341 e. The van der Waals surface area contributed by atoms with Gasteiger partial charge >= 0.3 is 0 Å². The van der Waals surface area contributed by atoms with Crippen molar-refractivity contribution in [3.05, 3.63) is 0 Å². The lowest BCUT2D eigenvalue weighted by Crippen LogP contribution is -2.51. The summed E-state index contributed by atoms with van der Waals surface area (Å²) >= 11 is 0. The summed E-state index contributed by atoms with van der Waals surface area (Å²) < 4.78 is 0. The van der Waals surface area contributed by atoms with Gasteiger partial charge in [0.05, 0.1) is 6.04 Å². The zero-order chi connectivity index (χ0) is 14.6. The van der Waals surface area contributed by atoms with Crippen molar-refractivity contribution in [2.45, 2.75) is 52.6 Å². The maximum absolute atomic E-state index is 12.3. The van der Waals surface area contributed by atoms with Crippen molar-refractivity contribution in [2.75, 3.05) is 26.7 Å². The summed E-state index contributed by atoms with van der Waals surface area (Å²) in [5.74, 6) is 0.933. The molecule has 1 amide bonds. The third kappa shape index (κ3) is 4.77. The predicted molar refractivity (Wildman–Crippen MR) is 79.9 cm³/mol. The van der Waals surface area contributed by atoms with Crippen LogP contribution in [-0.4, -0.2) is 54.5 Å². The van der Waals surface area contributed by atoms with Crippen LogP contribution >= 0.6 is 0 Å². The second-order valence-electron chi connectivity index (χ2n) is 6.60. The average Bonchev–Trinajstić information content (AvgIpc) is 2.37. The quantitative estimate of drug-likeness (QED) is 0.824. The number of hydrogen-bond acceptors (Lipinski definition) is 3. The number of nitrogens with two attached hydrogens (primary N) is 1. The molecule has 1 aliphatic rings. The van der Waals surface area contributed by atoms with Gasteiger partial charge < -0.3 is 15.5 Å². The lowest BCUT2D eigenvalue weighted by Gasteiger charge is -2.37. The molecule has 2 unspecified atom stereocenters. The van der Waals surface area contributed by atoms with Crippen LogP contribution in [-0.2, 0) is 4.79 Å². The maximum atomic E-state index is 12.3. The molecule has 0 radical (unpaired) electrons. The van der Waals surface area contributed by atoms with E-state index in [1.54, 1.807) is 0 Å². The minimum atomic E-state index is -0.346. The molecule has 1 rings (SSSR count). The summed E-state index contributed by atoms with van der Waals surface area (Å²) in [6.07, 6.45) is 2.32. The number of amides is 1. The lowest BCUT2D eigenvalue weighted by atomic mass is 9.95. The van der Waals surface area contributed by atoms with Crippen LogP contribution in [0, 0.1) is 11.8 Å². The fourth-order valence-electron chi connectivity index (χ4n) is 2.53. The molecule has 0 aromatic heterocycles. The van der Waals surface area contributed by atoms with Gasteiger partial charge in [0, 0.05) is 25.7 Å². The van der Waals surface area contributed by atoms with Gasteiger partial charge in [0.2, 0.25) is 5.91 Å². The average molecular weight is 269 g/mol. The first kappa shape index (κ1) is 16.4. The van der Waals surface area contributed by atoms with E-state index in [1.807, 2.05) is 18.7 Å². The van der Waals surface area contributed by atoms with E-state index in [9.17, 15) is 4.79 Å². The molecule has 1 saturated heterocycles. The molecule has 1 heterocycles. The van der Waals surface area contributed by atoms with Gasteiger partial charge in [0.1, 0.15) is 0 Å². The van der Waals surface area contributed by atoms with Gasteiger partial charge in [-0.25, -0.2) is 0 Å². The largest absolute Gasteiger partial charge is 0.341 e. The van der Waals surface area contributed by atoms with Gasteiger partial charge in [-0.2, -0.15) is 0 Å². The third-order valence-electron chi connectivity index (χ3n) is 4.26. The smallest absolute Gasteiger partial charge is 0.239 e. The number of rotatable bonds is 5. The van der Waals surface area contributed by atoms with E-state index < -0.39 is 0 Å². The molecule has 112 valence electrons. The van der Waals surface area contributed by atoms with E-state index in [2.05, 4.69) is 25.8 Å². The first-order valence-corrected chi connectivity index (χ1v) is 7.57. The molecule has 4 heteroatoms. The van der Waals surface area contributed by atoms with Gasteiger partial charge in [-0.15, -0.1) is 0 Å². The van der Waals surface area contributed by atoms with E-state index in [4.69, 9.17) is 5.73 Å². The third-order valence-corrected chi connectivity index (χ3v) is 4.26. The highest BCUT2D eigenvalue weighted by Gasteiger charge is 2.29. The summed E-state index contributed by atoms with van der Waals surface area (Å²) in [6, 6.07) is 0.213. The zero-order valence-electron chi connectivity index (χ0n) is 13.2. The second kappa shape index (κ2) is 7.25. The molecular weight excluding hydrogens is 238 g/mol. The number of carbonyl (C=O) groups is 1. The van der Waals surface area contributed by atoms with Gasteiger partial charge in [-0.1, -0.05) is 13.8 Å². The maximum Gasteiger partial charge on any atom is 0.239 e. The number of nitrogens with zero attached hydrogens (tertiary/aromatic N) is 2. The van der Waals surface area contributed by atoms with Crippen LogP contribution in [0.5, 0.6) is 0 Å². The Bertz CT molecular complexity index is 291. The van der Waals surface area contributed by atoms with Gasteiger partial charge in [-0.05, 0) is 45.6 Å². The Morgan fingerprint density at radius 1 is 1.37 bits per heavy atom. The Morgan fingerprint density at radius 2 is 2.00 bits per heavy atom. The Kier molecular flexibility index (Phi) is 6.27. The van der Waals surface area contributed by atoms with Crippen LogP contribution in [0.1, 0.15) is 40.5 Å². The predicted octanol–water partition coefficient (Wildman–Crippen LogP) is 1.55. The van der Waals surface area contributed by atoms with Gasteiger partial charge in [0.15, 0.2) is 0 Å². The summed E-state index contributed by atoms with van der Waals surface area (Å²) in [4.78, 5) is 16.6. The topological polar surface area (TPSA) is 49.6 Å². The monoisotopic (exact) mass is 269 g/mol. The molecule has 4 nitrogen and oxygen atoms in total. The zero-order valence-corrected chi connectivity index (χ0v) is 13.2. The Morgan fingerprint density at radius 3 is 2.53 bits per heavy atom. The summed E-state index contributed by atoms with van der Waals surface area (Å²) in [6.45, 7) is 11.3.